The number of nitrogens with zero attached hydrogens (tertiary/aromatic N) is 1. The third kappa shape index (κ3) is 6.05. The van der Waals surface area contributed by atoms with Crippen LogP contribution >= 0.6 is 51.2 Å². The van der Waals surface area contributed by atoms with Crippen molar-refractivity contribution in [3.8, 4) is 0 Å². The maximum Gasteiger partial charge on any atom is 0.191 e. The van der Waals surface area contributed by atoms with E-state index >= 15 is 0 Å². The van der Waals surface area contributed by atoms with E-state index in [9.17, 15) is 0 Å². The van der Waals surface area contributed by atoms with Gasteiger partial charge in [-0.1, -0.05) is 0 Å². The molecule has 1 aromatic rings. The van der Waals surface area contributed by atoms with Crippen LogP contribution in [-0.2, 0) is 6.54 Å². The molecule has 6 heteroatoms. The van der Waals surface area contributed by atoms with E-state index in [4.69, 9.17) is 0 Å². The van der Waals surface area contributed by atoms with Crippen LogP contribution in [0.5, 0.6) is 0 Å². The zero-order valence-electron chi connectivity index (χ0n) is 9.58. The summed E-state index contributed by atoms with van der Waals surface area (Å²) in [6, 6.07) is 4.55. The molecule has 1 aromatic heterocycles. The third-order valence-electron chi connectivity index (χ3n) is 1.71. The molecule has 0 radical (unpaired) electrons. The van der Waals surface area contributed by atoms with Gasteiger partial charge in [0.1, 0.15) is 0 Å². The largest absolute Gasteiger partial charge is 0.354 e. The smallest absolute Gasteiger partial charge is 0.191 e. The van der Waals surface area contributed by atoms with E-state index in [2.05, 4.69) is 57.5 Å². The van der Waals surface area contributed by atoms with E-state index in [1.54, 1.807) is 18.4 Å². The lowest BCUT2D eigenvalue weighted by atomic mass is 10.4. The van der Waals surface area contributed by atoms with Crippen LogP contribution in [0.4, 0.5) is 0 Å². The molecule has 0 saturated heterocycles. The van der Waals surface area contributed by atoms with E-state index < -0.39 is 0 Å². The summed E-state index contributed by atoms with van der Waals surface area (Å²) in [7, 11) is 1.78. The van der Waals surface area contributed by atoms with Crippen LogP contribution in [0.15, 0.2) is 20.9 Å². The Balaban J connectivity index is 0.00000225. The number of guanidine groups is 1. The fourth-order valence-corrected chi connectivity index (χ4v) is 2.51. The zero-order chi connectivity index (χ0) is 11.3. The zero-order valence-corrected chi connectivity index (χ0v) is 14.3. The summed E-state index contributed by atoms with van der Waals surface area (Å²) in [6.07, 6.45) is 0. The average molecular weight is 418 g/mol. The predicted octanol–water partition coefficient (Wildman–Crippen LogP) is 3.20. The summed E-state index contributed by atoms with van der Waals surface area (Å²) in [4.78, 5) is 5.42. The Morgan fingerprint density at radius 1 is 1.50 bits per heavy atom. The number of halogens is 2. The number of aliphatic imine (C=N–C) groups is 1. The second-order valence-corrected chi connectivity index (χ2v) is 5.98. The van der Waals surface area contributed by atoms with Crippen molar-refractivity contribution in [3.63, 3.8) is 0 Å². The SMILES string of the molecule is CN=C(NCc1ccc(Br)s1)NC(C)C.I. The summed E-state index contributed by atoms with van der Waals surface area (Å²) in [6.45, 7) is 4.99. The van der Waals surface area contributed by atoms with Crippen LogP contribution in [-0.4, -0.2) is 19.0 Å². The van der Waals surface area contributed by atoms with Gasteiger partial charge in [-0.2, -0.15) is 0 Å². The van der Waals surface area contributed by atoms with E-state index in [1.807, 2.05) is 0 Å². The van der Waals surface area contributed by atoms with Gasteiger partial charge in [-0.25, -0.2) is 0 Å². The Morgan fingerprint density at radius 2 is 2.19 bits per heavy atom. The maximum atomic E-state index is 4.14. The molecule has 1 heterocycles. The van der Waals surface area contributed by atoms with Gasteiger partial charge >= 0.3 is 0 Å². The molecule has 16 heavy (non-hydrogen) atoms. The highest BCUT2D eigenvalue weighted by Gasteiger charge is 2.01. The fraction of sp³-hybridized carbons (Fsp3) is 0.500. The second-order valence-electron chi connectivity index (χ2n) is 3.43. The highest BCUT2D eigenvalue weighted by atomic mass is 127. The molecule has 0 aliphatic carbocycles. The second kappa shape index (κ2) is 8.30. The first kappa shape index (κ1) is 16.2. The Hall–Kier alpha value is 0.180. The molecule has 2 N–H and O–H groups in total. The van der Waals surface area contributed by atoms with Crippen molar-refractivity contribution in [3.05, 3.63) is 20.8 Å². The molecule has 92 valence electrons. The molecule has 3 nitrogen and oxygen atoms in total. The lowest BCUT2D eigenvalue weighted by molar-refractivity contribution is 0.701. The first-order valence-electron chi connectivity index (χ1n) is 4.83. The normalized spacial score (nSPS) is 11.2. The molecule has 0 saturated carbocycles. The third-order valence-corrected chi connectivity index (χ3v) is 3.33. The van der Waals surface area contributed by atoms with Crippen molar-refractivity contribution >= 4 is 57.2 Å². The summed E-state index contributed by atoms with van der Waals surface area (Å²) in [5, 5.41) is 6.50. The molecule has 0 amide bonds. The summed E-state index contributed by atoms with van der Waals surface area (Å²) >= 11 is 5.17. The Bertz CT molecular complexity index is 339. The standard InChI is InChI=1S/C10H16BrN3S.HI/c1-7(2)14-10(12-3)13-6-8-4-5-9(11)15-8;/h4-5,7H,6H2,1-3H3,(H2,12,13,14);1H. The van der Waals surface area contributed by atoms with Crippen molar-refractivity contribution < 1.29 is 0 Å². The molecule has 0 bridgehead atoms. The van der Waals surface area contributed by atoms with Crippen LogP contribution in [0.25, 0.3) is 0 Å². The number of hydrogen-bond donors (Lipinski definition) is 2. The summed E-state index contributed by atoms with van der Waals surface area (Å²) in [5.41, 5.74) is 0. The molecule has 0 spiro atoms. The van der Waals surface area contributed by atoms with Crippen molar-refractivity contribution in [2.45, 2.75) is 26.4 Å². The lowest BCUT2D eigenvalue weighted by Crippen LogP contribution is -2.40. The molecule has 1 rings (SSSR count). The quantitative estimate of drug-likeness (QED) is 0.450. The Kier molecular flexibility index (Phi) is 8.39. The average Bonchev–Trinajstić information content (AvgIpc) is 2.58. The number of nitrogens with one attached hydrogen (secondary N) is 2. The van der Waals surface area contributed by atoms with E-state index in [1.165, 1.54) is 4.88 Å². The molecule has 0 atom stereocenters. The van der Waals surface area contributed by atoms with Gasteiger partial charge in [0, 0.05) is 18.0 Å². The van der Waals surface area contributed by atoms with Gasteiger partial charge < -0.3 is 10.6 Å². The van der Waals surface area contributed by atoms with Crippen LogP contribution < -0.4 is 10.6 Å². The summed E-state index contributed by atoms with van der Waals surface area (Å²) < 4.78 is 1.16. The molecular weight excluding hydrogens is 401 g/mol. The molecule has 0 aromatic carbocycles. The highest BCUT2D eigenvalue weighted by Crippen LogP contribution is 2.21. The summed E-state index contributed by atoms with van der Waals surface area (Å²) in [5.74, 6) is 0.842. The monoisotopic (exact) mass is 417 g/mol. The first-order chi connectivity index (χ1) is 7.11. The molecule has 0 fully saturated rings. The number of hydrogen-bond acceptors (Lipinski definition) is 2. The minimum absolute atomic E-state index is 0. The number of rotatable bonds is 3. The van der Waals surface area contributed by atoms with Gasteiger partial charge in [0.05, 0.1) is 10.3 Å². The molecule has 0 aliphatic rings. The van der Waals surface area contributed by atoms with Crippen LogP contribution in [0.3, 0.4) is 0 Å². The molecule has 0 unspecified atom stereocenters. The van der Waals surface area contributed by atoms with E-state index in [0.717, 1.165) is 16.3 Å². The molecule has 0 aliphatic heterocycles. The van der Waals surface area contributed by atoms with Gasteiger partial charge in [-0.3, -0.25) is 4.99 Å². The van der Waals surface area contributed by atoms with Crippen LogP contribution in [0.2, 0.25) is 0 Å². The highest BCUT2D eigenvalue weighted by molar-refractivity contribution is 14.0. The van der Waals surface area contributed by atoms with E-state index in [-0.39, 0.29) is 24.0 Å². The van der Waals surface area contributed by atoms with Gasteiger partial charge in [0.25, 0.3) is 0 Å². The maximum absolute atomic E-state index is 4.14. The minimum atomic E-state index is 0. The van der Waals surface area contributed by atoms with Crippen LogP contribution in [0, 0.1) is 0 Å². The minimum Gasteiger partial charge on any atom is -0.354 e. The van der Waals surface area contributed by atoms with E-state index in [0.29, 0.717) is 6.04 Å². The Morgan fingerprint density at radius 3 is 2.62 bits per heavy atom. The van der Waals surface area contributed by atoms with Gasteiger partial charge in [-0.15, -0.1) is 35.3 Å². The van der Waals surface area contributed by atoms with Crippen molar-refractivity contribution in [1.29, 1.82) is 0 Å². The predicted molar refractivity (Wildman–Crippen MR) is 85.9 cm³/mol. The first-order valence-corrected chi connectivity index (χ1v) is 6.44. The lowest BCUT2D eigenvalue weighted by Gasteiger charge is -2.13. The topological polar surface area (TPSA) is 36.4 Å². The van der Waals surface area contributed by atoms with Gasteiger partial charge in [0.15, 0.2) is 5.96 Å². The fourth-order valence-electron chi connectivity index (χ4n) is 1.09. The molecular formula is C10H17BrIN3S. The Labute approximate surface area is 126 Å². The van der Waals surface area contributed by atoms with Crippen molar-refractivity contribution in [2.75, 3.05) is 7.05 Å². The number of thiophene rings is 1. The van der Waals surface area contributed by atoms with Crippen molar-refractivity contribution in [2.24, 2.45) is 4.99 Å². The van der Waals surface area contributed by atoms with Gasteiger partial charge in [0.2, 0.25) is 0 Å². The van der Waals surface area contributed by atoms with Gasteiger partial charge in [-0.05, 0) is 41.9 Å². The van der Waals surface area contributed by atoms with Crippen LogP contribution in [0.1, 0.15) is 18.7 Å². The van der Waals surface area contributed by atoms with Crippen molar-refractivity contribution in [1.82, 2.24) is 10.6 Å².